The van der Waals surface area contributed by atoms with E-state index < -0.39 is 35.3 Å². The Morgan fingerprint density at radius 3 is 1.80 bits per heavy atom. The van der Waals surface area contributed by atoms with Gasteiger partial charge in [-0.25, -0.2) is 0 Å². The maximum atomic E-state index is 9.91. The van der Waals surface area contributed by atoms with Crippen LogP contribution in [0.25, 0.3) is 0 Å². The molecule has 0 rings (SSSR count). The van der Waals surface area contributed by atoms with Gasteiger partial charge in [0, 0.05) is 19.8 Å². The first-order valence-electron chi connectivity index (χ1n) is 7.91. The summed E-state index contributed by atoms with van der Waals surface area (Å²) in [5.74, 6) is 0. The van der Waals surface area contributed by atoms with Crippen molar-refractivity contribution in [3.8, 4) is 0 Å². The molecule has 10 nitrogen and oxygen atoms in total. The molecule has 0 saturated heterocycles. The van der Waals surface area contributed by atoms with Gasteiger partial charge in [-0.15, -0.1) is 0 Å². The lowest BCUT2D eigenvalue weighted by atomic mass is 9.82. The molecular weight excluding hydrogens is 378 g/mol. The molecule has 0 aliphatic rings. The summed E-state index contributed by atoms with van der Waals surface area (Å²) < 4.78 is 26.1. The molecule has 0 aromatic rings. The van der Waals surface area contributed by atoms with Crippen LogP contribution in [0.3, 0.4) is 0 Å². The summed E-state index contributed by atoms with van der Waals surface area (Å²) in [7, 11) is -5.31. The van der Waals surface area contributed by atoms with Gasteiger partial charge in [0.15, 0.2) is 0 Å². The first-order chi connectivity index (χ1) is 11.9. The van der Waals surface area contributed by atoms with E-state index in [2.05, 4.69) is 0 Å². The van der Waals surface area contributed by atoms with Crippen LogP contribution in [0.15, 0.2) is 0 Å². The second-order valence-electron chi connectivity index (χ2n) is 5.11. The summed E-state index contributed by atoms with van der Waals surface area (Å²) in [4.78, 5) is 36.1. The molecule has 0 aliphatic carbocycles. The average molecular weight is 408 g/mol. The number of aliphatic hydroxyl groups excluding tert-OH is 1. The van der Waals surface area contributed by atoms with Gasteiger partial charge in [0.1, 0.15) is 0 Å². The first kappa shape index (κ1) is 25.5. The van der Waals surface area contributed by atoms with E-state index in [0.29, 0.717) is 32.8 Å². The normalized spacial score (nSPS) is 13.8. The second kappa shape index (κ2) is 15.5. The molecule has 0 fully saturated rings. The molecule has 1 unspecified atom stereocenters. The molecule has 0 radical (unpaired) electrons. The number of hydrogen-bond donors (Lipinski definition) is 5. The molecule has 25 heavy (non-hydrogen) atoms. The van der Waals surface area contributed by atoms with Crippen LogP contribution in [0.2, 0.25) is 0 Å². The Balaban J connectivity index is 5.11. The molecule has 0 spiro atoms. The first-order valence-corrected chi connectivity index (χ1v) is 10.2. The van der Waals surface area contributed by atoms with E-state index in [4.69, 9.17) is 42.8 Å². The Hall–Kier alpha value is 0.460. The molecule has 0 saturated carbocycles. The molecule has 1 atom stereocenters. The lowest BCUT2D eigenvalue weighted by molar-refractivity contribution is -0.123. The van der Waals surface area contributed by atoms with Gasteiger partial charge >= 0.3 is 17.2 Å². The third-order valence-electron chi connectivity index (χ3n) is 3.41. The maximum absolute atomic E-state index is 9.91. The van der Waals surface area contributed by atoms with Crippen LogP contribution in [0.4, 0.5) is 0 Å². The zero-order valence-corrected chi connectivity index (χ0v) is 16.4. The molecule has 0 aromatic heterocycles. The quantitative estimate of drug-likeness (QED) is 0.168. The van der Waals surface area contributed by atoms with Crippen LogP contribution in [0.5, 0.6) is 0 Å². The minimum Gasteiger partial charge on any atom is -0.396 e. The van der Waals surface area contributed by atoms with E-state index in [9.17, 15) is 5.11 Å². The monoisotopic (exact) mass is 408 g/mol. The van der Waals surface area contributed by atoms with Crippen molar-refractivity contribution < 1.29 is 47.9 Å². The van der Waals surface area contributed by atoms with E-state index in [1.807, 2.05) is 13.8 Å². The Morgan fingerprint density at radius 2 is 1.36 bits per heavy atom. The largest absolute Gasteiger partial charge is 0.396 e. The fourth-order valence-electron chi connectivity index (χ4n) is 2.09. The second-order valence-corrected chi connectivity index (χ2v) is 6.64. The van der Waals surface area contributed by atoms with Crippen LogP contribution in [-0.4, -0.2) is 83.6 Å². The molecule has 12 heteroatoms. The van der Waals surface area contributed by atoms with Crippen molar-refractivity contribution in [3.05, 3.63) is 0 Å². The highest BCUT2D eigenvalue weighted by Gasteiger charge is 2.41. The Bertz CT molecular complexity index is 297. The van der Waals surface area contributed by atoms with E-state index in [0.717, 1.165) is 0 Å². The summed E-state index contributed by atoms with van der Waals surface area (Å²) in [6, 6.07) is 0. The standard InChI is InChI=1S/C13H30O10P2/c1-3-19-6-5-12(21-8-7-20-4-2)13(9-14,10-22-24(15)16)11-23-25(17)18/h12,14-18H,3-11H2,1-2H3. The van der Waals surface area contributed by atoms with Gasteiger partial charge < -0.3 is 47.9 Å². The Labute approximate surface area is 150 Å². The highest BCUT2D eigenvalue weighted by atomic mass is 31.2. The van der Waals surface area contributed by atoms with Crippen molar-refractivity contribution in [1.29, 1.82) is 0 Å². The molecule has 0 aromatic carbocycles. The van der Waals surface area contributed by atoms with Crippen molar-refractivity contribution in [1.82, 2.24) is 0 Å². The molecule has 152 valence electrons. The van der Waals surface area contributed by atoms with Gasteiger partial charge in [-0.3, -0.25) is 0 Å². The summed E-state index contributed by atoms with van der Waals surface area (Å²) >= 11 is 0. The average Bonchev–Trinajstić information content (AvgIpc) is 2.58. The van der Waals surface area contributed by atoms with E-state index in [1.54, 1.807) is 0 Å². The SMILES string of the molecule is CCOCCOC(CCOCC)C(CO)(COP(O)O)COP(O)O. The van der Waals surface area contributed by atoms with E-state index in [1.165, 1.54) is 0 Å². The van der Waals surface area contributed by atoms with Gasteiger partial charge in [-0.05, 0) is 20.3 Å². The number of aliphatic hydroxyl groups is 1. The van der Waals surface area contributed by atoms with Gasteiger partial charge in [-0.1, -0.05) is 0 Å². The highest BCUT2D eigenvalue weighted by molar-refractivity contribution is 7.39. The van der Waals surface area contributed by atoms with Crippen LogP contribution in [-0.2, 0) is 23.3 Å². The molecule has 0 bridgehead atoms. The molecule has 0 amide bonds. The number of hydrogen-bond acceptors (Lipinski definition) is 10. The van der Waals surface area contributed by atoms with E-state index in [-0.39, 0.29) is 19.8 Å². The van der Waals surface area contributed by atoms with Gasteiger partial charge in [0.25, 0.3) is 0 Å². The lowest BCUT2D eigenvalue weighted by Crippen LogP contribution is -2.48. The molecular formula is C13H30O10P2. The summed E-state index contributed by atoms with van der Waals surface area (Å²) in [5.41, 5.74) is -1.23. The summed E-state index contributed by atoms with van der Waals surface area (Å²) in [6.07, 6.45) is -0.300. The summed E-state index contributed by atoms with van der Waals surface area (Å²) in [6.45, 7) is 4.51. The summed E-state index contributed by atoms with van der Waals surface area (Å²) in [5, 5.41) is 9.91. The zero-order valence-electron chi connectivity index (χ0n) is 14.6. The van der Waals surface area contributed by atoms with Gasteiger partial charge in [0.2, 0.25) is 0 Å². The van der Waals surface area contributed by atoms with Crippen molar-refractivity contribution >= 4 is 17.2 Å². The van der Waals surface area contributed by atoms with Crippen molar-refractivity contribution in [2.24, 2.45) is 5.41 Å². The molecule has 0 heterocycles. The van der Waals surface area contributed by atoms with E-state index >= 15 is 0 Å². The minimum absolute atomic E-state index is 0.229. The third kappa shape index (κ3) is 11.7. The van der Waals surface area contributed by atoms with Gasteiger partial charge in [-0.2, -0.15) is 0 Å². The predicted molar refractivity (Wildman–Crippen MR) is 91.5 cm³/mol. The van der Waals surface area contributed by atoms with Crippen LogP contribution in [0, 0.1) is 5.41 Å². The number of rotatable bonds is 17. The van der Waals surface area contributed by atoms with Crippen LogP contribution in [0.1, 0.15) is 20.3 Å². The topological polar surface area (TPSA) is 147 Å². The van der Waals surface area contributed by atoms with Gasteiger partial charge in [0.05, 0.1) is 44.6 Å². The smallest absolute Gasteiger partial charge is 0.327 e. The number of ether oxygens (including phenoxy) is 3. The predicted octanol–water partition coefficient (Wildman–Crippen LogP) is 0.270. The Kier molecular flexibility index (Phi) is 15.8. The zero-order chi connectivity index (χ0) is 19.1. The minimum atomic E-state index is -2.65. The van der Waals surface area contributed by atoms with Crippen molar-refractivity contribution in [2.75, 3.05) is 52.9 Å². The molecule has 0 aliphatic heterocycles. The van der Waals surface area contributed by atoms with Crippen molar-refractivity contribution in [2.45, 2.75) is 26.4 Å². The van der Waals surface area contributed by atoms with Crippen LogP contribution >= 0.6 is 17.2 Å². The highest BCUT2D eigenvalue weighted by Crippen LogP contribution is 2.37. The Morgan fingerprint density at radius 1 is 0.840 bits per heavy atom. The fourth-order valence-corrected chi connectivity index (χ4v) is 2.83. The fraction of sp³-hybridized carbons (Fsp3) is 1.00. The maximum Gasteiger partial charge on any atom is 0.327 e. The third-order valence-corrected chi connectivity index (χ3v) is 4.13. The molecule has 5 N–H and O–H groups in total. The van der Waals surface area contributed by atoms with Crippen molar-refractivity contribution in [3.63, 3.8) is 0 Å². The lowest BCUT2D eigenvalue weighted by Gasteiger charge is -2.38. The van der Waals surface area contributed by atoms with Crippen LogP contribution < -0.4 is 0 Å².